The molecule has 0 heterocycles. The first-order valence-corrected chi connectivity index (χ1v) is 17.2. The summed E-state index contributed by atoms with van der Waals surface area (Å²) in [5.41, 5.74) is 3.02. The van der Waals surface area contributed by atoms with Crippen molar-refractivity contribution in [3.63, 3.8) is 0 Å². The van der Waals surface area contributed by atoms with E-state index >= 15 is 0 Å². The fourth-order valence-electron chi connectivity index (χ4n) is 11.7. The predicted octanol–water partition coefficient (Wildman–Crippen LogP) is 8.82. The van der Waals surface area contributed by atoms with Crippen molar-refractivity contribution in [1.82, 2.24) is 0 Å². The highest BCUT2D eigenvalue weighted by Crippen LogP contribution is 2.75. The van der Waals surface area contributed by atoms with Gasteiger partial charge in [0.2, 0.25) is 0 Å². The smallest absolute Gasteiger partial charge is 0.330 e. The van der Waals surface area contributed by atoms with E-state index in [2.05, 4.69) is 54.5 Å². The molecule has 0 aliphatic heterocycles. The van der Waals surface area contributed by atoms with Gasteiger partial charge < -0.3 is 20.1 Å². The van der Waals surface area contributed by atoms with Gasteiger partial charge in [-0.3, -0.25) is 0 Å². The summed E-state index contributed by atoms with van der Waals surface area (Å²) in [7, 11) is 0. The van der Waals surface area contributed by atoms with Crippen LogP contribution in [0, 0.1) is 50.2 Å². The molecule has 242 valence electrons. The number of ether oxygens (including phenoxy) is 1. The highest BCUT2D eigenvalue weighted by molar-refractivity contribution is 5.87. The van der Waals surface area contributed by atoms with Crippen LogP contribution in [0.15, 0.2) is 35.9 Å². The van der Waals surface area contributed by atoms with Gasteiger partial charge in [-0.1, -0.05) is 66.2 Å². The van der Waals surface area contributed by atoms with Crippen molar-refractivity contribution in [3.8, 4) is 11.5 Å². The molecule has 0 spiro atoms. The number of carbonyl (C=O) groups is 1. The summed E-state index contributed by atoms with van der Waals surface area (Å²) in [6, 6.07) is 4.51. The molecule has 5 nitrogen and oxygen atoms in total. The molecule has 0 saturated heterocycles. The molecule has 4 fully saturated rings. The third-order valence-electron chi connectivity index (χ3n) is 14.7. The van der Waals surface area contributed by atoms with E-state index in [9.17, 15) is 20.1 Å². The first-order valence-electron chi connectivity index (χ1n) is 17.2. The Morgan fingerprint density at radius 1 is 0.909 bits per heavy atom. The highest BCUT2D eigenvalue weighted by atomic mass is 16.5. The van der Waals surface area contributed by atoms with Gasteiger partial charge in [0.1, 0.15) is 0 Å². The second-order valence-corrected chi connectivity index (χ2v) is 17.6. The summed E-state index contributed by atoms with van der Waals surface area (Å²) in [6.07, 6.45) is 16.7. The molecule has 6 rings (SSSR count). The second kappa shape index (κ2) is 10.4. The zero-order chi connectivity index (χ0) is 31.9. The van der Waals surface area contributed by atoms with Crippen molar-refractivity contribution in [2.24, 2.45) is 50.2 Å². The number of rotatable bonds is 4. The summed E-state index contributed by atoms with van der Waals surface area (Å²) in [4.78, 5) is 13.0. The Labute approximate surface area is 265 Å². The van der Waals surface area contributed by atoms with Crippen LogP contribution < -0.4 is 0 Å². The topological polar surface area (TPSA) is 87.0 Å². The van der Waals surface area contributed by atoms with Crippen LogP contribution in [0.4, 0.5) is 0 Å². The van der Waals surface area contributed by atoms with Crippen LogP contribution in [0.1, 0.15) is 118 Å². The minimum Gasteiger partial charge on any atom is -0.504 e. The van der Waals surface area contributed by atoms with Gasteiger partial charge >= 0.3 is 5.97 Å². The molecule has 5 heteroatoms. The summed E-state index contributed by atoms with van der Waals surface area (Å²) >= 11 is 0. The maximum atomic E-state index is 13.0. The zero-order valence-electron chi connectivity index (χ0n) is 28.2. The SMILES string of the molecule is CC1(C)CCC2(COC(=O)C=Cc3ccc(O)c(O)c3)CCC3(C)C(=CCC4C5(C)CCC(O)C(C)(C)C5CCC43C)C2C1. The van der Waals surface area contributed by atoms with Crippen LogP contribution in [-0.2, 0) is 9.53 Å². The fourth-order valence-corrected chi connectivity index (χ4v) is 11.7. The molecule has 44 heavy (non-hydrogen) atoms. The van der Waals surface area contributed by atoms with Crippen molar-refractivity contribution in [2.45, 2.75) is 119 Å². The van der Waals surface area contributed by atoms with Crippen molar-refractivity contribution < 1.29 is 24.9 Å². The van der Waals surface area contributed by atoms with Gasteiger partial charge in [0, 0.05) is 11.5 Å². The Morgan fingerprint density at radius 3 is 2.36 bits per heavy atom. The molecule has 0 aromatic heterocycles. The van der Waals surface area contributed by atoms with E-state index in [0.29, 0.717) is 29.9 Å². The number of hydrogen-bond donors (Lipinski definition) is 3. The number of benzene rings is 1. The number of aliphatic hydroxyl groups excluding tert-OH is 1. The molecular weight excluding hydrogens is 548 g/mol. The minimum absolute atomic E-state index is 0.0393. The Hall–Kier alpha value is -2.27. The standard InChI is InChI=1S/C39H56O5/c1-34(2)18-20-39(24-44-33(43)13-9-25-8-11-28(40)29(41)22-25)21-19-37(6)26(27(39)23-34)10-12-31-36(5)16-15-32(42)35(3,4)30(36)14-17-38(31,37)7/h8-11,13,22,27,30-32,40-42H,12,14-21,23-24H2,1-7H3. The van der Waals surface area contributed by atoms with E-state index in [1.54, 1.807) is 17.7 Å². The van der Waals surface area contributed by atoms with E-state index in [4.69, 9.17) is 4.74 Å². The monoisotopic (exact) mass is 604 g/mol. The lowest BCUT2D eigenvalue weighted by atomic mass is 9.33. The van der Waals surface area contributed by atoms with Crippen LogP contribution in [0.2, 0.25) is 0 Å². The third-order valence-corrected chi connectivity index (χ3v) is 14.7. The average Bonchev–Trinajstić information content (AvgIpc) is 2.95. The molecule has 0 bridgehead atoms. The summed E-state index contributed by atoms with van der Waals surface area (Å²) < 4.78 is 6.06. The quantitative estimate of drug-likeness (QED) is 0.138. The van der Waals surface area contributed by atoms with Crippen LogP contribution in [0.25, 0.3) is 6.08 Å². The maximum absolute atomic E-state index is 13.0. The number of aliphatic hydroxyl groups is 1. The van der Waals surface area contributed by atoms with Gasteiger partial charge in [-0.15, -0.1) is 0 Å². The predicted molar refractivity (Wildman–Crippen MR) is 175 cm³/mol. The molecule has 5 aliphatic carbocycles. The zero-order valence-corrected chi connectivity index (χ0v) is 28.2. The Kier molecular flexibility index (Phi) is 7.47. The second-order valence-electron chi connectivity index (χ2n) is 17.6. The highest BCUT2D eigenvalue weighted by Gasteiger charge is 2.68. The molecule has 1 aromatic rings. The average molecular weight is 605 g/mol. The molecule has 4 saturated carbocycles. The van der Waals surface area contributed by atoms with Crippen molar-refractivity contribution in [2.75, 3.05) is 6.61 Å². The first kappa shape index (κ1) is 31.7. The van der Waals surface area contributed by atoms with E-state index in [0.717, 1.165) is 51.4 Å². The van der Waals surface area contributed by atoms with Crippen LogP contribution >= 0.6 is 0 Å². The normalized spacial score (nSPS) is 42.3. The lowest BCUT2D eigenvalue weighted by Gasteiger charge is -2.71. The number of allylic oxidation sites excluding steroid dienone is 2. The Balaban J connectivity index is 1.28. The number of hydrogen-bond acceptors (Lipinski definition) is 5. The van der Waals surface area contributed by atoms with Gasteiger partial charge in [0.05, 0.1) is 12.7 Å². The lowest BCUT2D eigenvalue weighted by molar-refractivity contribution is -0.205. The number of carbonyl (C=O) groups excluding carboxylic acids is 1. The maximum Gasteiger partial charge on any atom is 0.330 e. The summed E-state index contributed by atoms with van der Waals surface area (Å²) in [5.74, 6) is 0.817. The molecule has 3 N–H and O–H groups in total. The molecule has 0 radical (unpaired) electrons. The van der Waals surface area contributed by atoms with Crippen LogP contribution in [0.3, 0.4) is 0 Å². The summed E-state index contributed by atoms with van der Waals surface area (Å²) in [5, 5.41) is 30.4. The van der Waals surface area contributed by atoms with Gasteiger partial charge in [0.15, 0.2) is 11.5 Å². The van der Waals surface area contributed by atoms with E-state index in [-0.39, 0.29) is 56.1 Å². The molecule has 0 amide bonds. The van der Waals surface area contributed by atoms with Crippen LogP contribution in [0.5, 0.6) is 11.5 Å². The van der Waals surface area contributed by atoms with Gasteiger partial charge in [0.25, 0.3) is 0 Å². The molecular formula is C39H56O5. The largest absolute Gasteiger partial charge is 0.504 e. The molecule has 1 aromatic carbocycles. The number of aromatic hydroxyl groups is 2. The third kappa shape index (κ3) is 4.69. The molecule has 5 aliphatic rings. The van der Waals surface area contributed by atoms with Crippen molar-refractivity contribution in [1.29, 1.82) is 0 Å². The number of esters is 1. The minimum atomic E-state index is -0.359. The van der Waals surface area contributed by atoms with Gasteiger partial charge in [-0.05, 0) is 133 Å². The van der Waals surface area contributed by atoms with E-state index in [1.807, 2.05) is 0 Å². The Morgan fingerprint density at radius 2 is 1.64 bits per heavy atom. The molecule has 8 atom stereocenters. The van der Waals surface area contributed by atoms with Crippen LogP contribution in [-0.4, -0.2) is 34.0 Å². The van der Waals surface area contributed by atoms with Crippen molar-refractivity contribution in [3.05, 3.63) is 41.5 Å². The van der Waals surface area contributed by atoms with Crippen molar-refractivity contribution >= 4 is 12.0 Å². The molecule has 8 unspecified atom stereocenters. The fraction of sp³-hybridized carbons (Fsp3) is 0.718. The van der Waals surface area contributed by atoms with Gasteiger partial charge in [-0.2, -0.15) is 0 Å². The van der Waals surface area contributed by atoms with E-state index in [1.165, 1.54) is 31.1 Å². The first-order chi connectivity index (χ1) is 20.5. The summed E-state index contributed by atoms with van der Waals surface area (Å²) in [6.45, 7) is 17.7. The number of phenolic OH excluding ortho intramolecular Hbond substituents is 2. The number of phenols is 2. The number of fused-ring (bicyclic) bond motifs is 7. The van der Waals surface area contributed by atoms with Gasteiger partial charge in [-0.25, -0.2) is 4.79 Å². The lowest BCUT2D eigenvalue weighted by Crippen LogP contribution is -2.64. The Bertz CT molecular complexity index is 1370. The van der Waals surface area contributed by atoms with E-state index < -0.39 is 0 Å².